The molecule has 1 aromatic heterocycles. The van der Waals surface area contributed by atoms with E-state index in [2.05, 4.69) is 11.4 Å². The van der Waals surface area contributed by atoms with Crippen LogP contribution in [0.25, 0.3) is 16.6 Å². The van der Waals surface area contributed by atoms with Crippen LogP contribution in [0.1, 0.15) is 68.4 Å². The van der Waals surface area contributed by atoms with Gasteiger partial charge in [-0.25, -0.2) is 9.78 Å². The number of aromatic nitrogens is 2. The van der Waals surface area contributed by atoms with Crippen LogP contribution in [0, 0.1) is 13.8 Å². The molecule has 0 aliphatic heterocycles. The Hall–Kier alpha value is -3.15. The highest BCUT2D eigenvalue weighted by Crippen LogP contribution is 2.27. The SMILES string of the molecule is CCC(c1nc2ccccc2c(=O)n1-c1ccc(C)cc1C)N(C)C(=O)NC1CCCCC1. The monoisotopic (exact) mass is 446 g/mol. The Kier molecular flexibility index (Phi) is 6.82. The van der Waals surface area contributed by atoms with Crippen LogP contribution in [0.4, 0.5) is 4.79 Å². The lowest BCUT2D eigenvalue weighted by Gasteiger charge is -2.32. The van der Waals surface area contributed by atoms with Crippen LogP contribution in [-0.2, 0) is 0 Å². The number of fused-ring (bicyclic) bond motifs is 1. The number of carbonyl (C=O) groups excluding carboxylic acids is 1. The molecule has 0 radical (unpaired) electrons. The predicted molar refractivity (Wildman–Crippen MR) is 133 cm³/mol. The molecule has 1 N–H and O–H groups in total. The molecule has 0 bridgehead atoms. The summed E-state index contributed by atoms with van der Waals surface area (Å²) in [5, 5.41) is 3.78. The molecule has 4 rings (SSSR count). The van der Waals surface area contributed by atoms with Gasteiger partial charge in [-0.15, -0.1) is 0 Å². The molecule has 174 valence electrons. The second kappa shape index (κ2) is 9.77. The first-order chi connectivity index (χ1) is 15.9. The minimum atomic E-state index is -0.341. The van der Waals surface area contributed by atoms with Gasteiger partial charge in [0.05, 0.1) is 22.6 Å². The number of para-hydroxylation sites is 1. The van der Waals surface area contributed by atoms with Gasteiger partial charge >= 0.3 is 6.03 Å². The lowest BCUT2D eigenvalue weighted by atomic mass is 9.96. The smallest absolute Gasteiger partial charge is 0.317 e. The third-order valence-electron chi connectivity index (χ3n) is 6.80. The normalized spacial score (nSPS) is 15.4. The largest absolute Gasteiger partial charge is 0.335 e. The molecule has 0 spiro atoms. The maximum Gasteiger partial charge on any atom is 0.317 e. The average molecular weight is 447 g/mol. The summed E-state index contributed by atoms with van der Waals surface area (Å²) < 4.78 is 1.70. The van der Waals surface area contributed by atoms with E-state index in [1.165, 1.54) is 6.42 Å². The molecule has 1 atom stereocenters. The summed E-state index contributed by atoms with van der Waals surface area (Å²) in [7, 11) is 1.81. The van der Waals surface area contributed by atoms with Gasteiger partial charge in [-0.2, -0.15) is 0 Å². The Balaban J connectivity index is 1.81. The van der Waals surface area contributed by atoms with Crippen molar-refractivity contribution in [2.24, 2.45) is 0 Å². The first kappa shape index (κ1) is 23.0. The summed E-state index contributed by atoms with van der Waals surface area (Å²) >= 11 is 0. The zero-order chi connectivity index (χ0) is 23.5. The maximum atomic E-state index is 13.7. The standard InChI is InChI=1S/C27H34N4O2/c1-5-23(30(4)27(33)28-20-11-7-6-8-12-20)25-29-22-14-10-9-13-21(22)26(32)31(25)24-16-15-18(2)17-19(24)3/h9-10,13-17,20,23H,5-8,11-12H2,1-4H3,(H,28,33). The summed E-state index contributed by atoms with van der Waals surface area (Å²) in [4.78, 5) is 33.6. The summed E-state index contributed by atoms with van der Waals surface area (Å²) in [5.41, 5.74) is 3.48. The van der Waals surface area contributed by atoms with Gasteiger partial charge in [-0.1, -0.05) is 56.0 Å². The van der Waals surface area contributed by atoms with Crippen molar-refractivity contribution in [2.45, 2.75) is 71.4 Å². The fourth-order valence-corrected chi connectivity index (χ4v) is 4.96. The number of urea groups is 1. The third-order valence-corrected chi connectivity index (χ3v) is 6.80. The molecule has 33 heavy (non-hydrogen) atoms. The molecule has 2 aromatic carbocycles. The van der Waals surface area contributed by atoms with Gasteiger partial charge in [0.1, 0.15) is 5.82 Å². The fourth-order valence-electron chi connectivity index (χ4n) is 4.96. The molecule has 1 heterocycles. The Morgan fingerprint density at radius 3 is 2.58 bits per heavy atom. The lowest BCUT2D eigenvalue weighted by molar-refractivity contribution is 0.178. The van der Waals surface area contributed by atoms with Crippen molar-refractivity contribution in [2.75, 3.05) is 7.05 Å². The number of nitrogens with one attached hydrogen (secondary N) is 1. The molecular weight excluding hydrogens is 412 g/mol. The summed E-state index contributed by atoms with van der Waals surface area (Å²) in [5.74, 6) is 0.592. The van der Waals surface area contributed by atoms with Gasteiger partial charge in [0.2, 0.25) is 0 Å². The van der Waals surface area contributed by atoms with E-state index in [4.69, 9.17) is 4.98 Å². The van der Waals surface area contributed by atoms with E-state index in [0.717, 1.165) is 42.5 Å². The van der Waals surface area contributed by atoms with E-state index in [-0.39, 0.29) is 23.7 Å². The zero-order valence-electron chi connectivity index (χ0n) is 20.1. The van der Waals surface area contributed by atoms with Crippen molar-refractivity contribution in [1.82, 2.24) is 19.8 Å². The molecule has 1 aliphatic rings. The predicted octanol–water partition coefficient (Wildman–Crippen LogP) is 5.43. The van der Waals surface area contributed by atoms with Crippen molar-refractivity contribution in [3.05, 3.63) is 69.8 Å². The van der Waals surface area contributed by atoms with Gasteiger partial charge in [0.25, 0.3) is 5.56 Å². The van der Waals surface area contributed by atoms with Crippen LogP contribution >= 0.6 is 0 Å². The molecule has 0 saturated heterocycles. The highest BCUT2D eigenvalue weighted by atomic mass is 16.2. The van der Waals surface area contributed by atoms with Gasteiger partial charge in [0.15, 0.2) is 0 Å². The molecule has 1 aliphatic carbocycles. The number of carbonyl (C=O) groups is 1. The number of hydrogen-bond donors (Lipinski definition) is 1. The quantitative estimate of drug-likeness (QED) is 0.568. The van der Waals surface area contributed by atoms with Gasteiger partial charge in [-0.05, 0) is 56.9 Å². The summed E-state index contributed by atoms with van der Waals surface area (Å²) in [6, 6.07) is 13.2. The molecule has 6 nitrogen and oxygen atoms in total. The average Bonchev–Trinajstić information content (AvgIpc) is 2.81. The van der Waals surface area contributed by atoms with Gasteiger partial charge in [0, 0.05) is 13.1 Å². The molecular formula is C27H34N4O2. The van der Waals surface area contributed by atoms with Gasteiger partial charge < -0.3 is 10.2 Å². The number of aryl methyl sites for hydroxylation is 2. The Morgan fingerprint density at radius 1 is 1.15 bits per heavy atom. The number of nitrogens with zero attached hydrogens (tertiary/aromatic N) is 3. The second-order valence-electron chi connectivity index (χ2n) is 9.24. The van der Waals surface area contributed by atoms with E-state index in [0.29, 0.717) is 23.1 Å². The van der Waals surface area contributed by atoms with Crippen molar-refractivity contribution < 1.29 is 4.79 Å². The molecule has 1 fully saturated rings. The van der Waals surface area contributed by atoms with Crippen LogP contribution in [0.5, 0.6) is 0 Å². The maximum absolute atomic E-state index is 13.7. The third kappa shape index (κ3) is 4.65. The second-order valence-corrected chi connectivity index (χ2v) is 9.24. The van der Waals surface area contributed by atoms with Gasteiger partial charge in [-0.3, -0.25) is 9.36 Å². The Labute approximate surface area is 195 Å². The topological polar surface area (TPSA) is 67.2 Å². The van der Waals surface area contributed by atoms with E-state index >= 15 is 0 Å². The minimum Gasteiger partial charge on any atom is -0.335 e. The summed E-state index contributed by atoms with van der Waals surface area (Å²) in [6.07, 6.45) is 6.25. The highest BCUT2D eigenvalue weighted by Gasteiger charge is 2.28. The Morgan fingerprint density at radius 2 is 1.88 bits per heavy atom. The van der Waals surface area contributed by atoms with Crippen LogP contribution < -0.4 is 10.9 Å². The van der Waals surface area contributed by atoms with Crippen molar-refractivity contribution >= 4 is 16.9 Å². The molecule has 6 heteroatoms. The molecule has 2 amide bonds. The zero-order valence-corrected chi connectivity index (χ0v) is 20.1. The van der Waals surface area contributed by atoms with Crippen LogP contribution in [0.15, 0.2) is 47.3 Å². The first-order valence-electron chi connectivity index (χ1n) is 12.0. The van der Waals surface area contributed by atoms with Crippen LogP contribution in [0.3, 0.4) is 0 Å². The molecule has 3 aromatic rings. The highest BCUT2D eigenvalue weighted by molar-refractivity contribution is 5.78. The number of rotatable bonds is 5. The van der Waals surface area contributed by atoms with Crippen molar-refractivity contribution in [1.29, 1.82) is 0 Å². The molecule has 1 saturated carbocycles. The number of amides is 2. The van der Waals surface area contributed by atoms with E-state index in [1.807, 2.05) is 57.2 Å². The van der Waals surface area contributed by atoms with E-state index in [1.54, 1.807) is 16.5 Å². The van der Waals surface area contributed by atoms with Crippen LogP contribution in [-0.4, -0.2) is 33.6 Å². The summed E-state index contributed by atoms with van der Waals surface area (Å²) in [6.45, 7) is 6.08. The minimum absolute atomic E-state index is 0.108. The lowest BCUT2D eigenvalue weighted by Crippen LogP contribution is -2.46. The van der Waals surface area contributed by atoms with Crippen molar-refractivity contribution in [3.8, 4) is 5.69 Å². The van der Waals surface area contributed by atoms with E-state index in [9.17, 15) is 9.59 Å². The number of benzene rings is 2. The van der Waals surface area contributed by atoms with Crippen molar-refractivity contribution in [3.63, 3.8) is 0 Å². The first-order valence-corrected chi connectivity index (χ1v) is 12.0. The number of hydrogen-bond acceptors (Lipinski definition) is 3. The van der Waals surface area contributed by atoms with E-state index < -0.39 is 0 Å². The van der Waals surface area contributed by atoms with Crippen LogP contribution in [0.2, 0.25) is 0 Å². The molecule has 1 unspecified atom stereocenters. The fraction of sp³-hybridized carbons (Fsp3) is 0.444. The Bertz CT molecular complexity index is 1210.